The number of rotatable bonds is 1. The summed E-state index contributed by atoms with van der Waals surface area (Å²) in [5.41, 5.74) is 1.79. The van der Waals surface area contributed by atoms with Crippen molar-refractivity contribution >= 4 is 33.5 Å². The highest BCUT2D eigenvalue weighted by molar-refractivity contribution is 9.10. The monoisotopic (exact) mass is 434 g/mol. The van der Waals surface area contributed by atoms with E-state index in [4.69, 9.17) is 4.74 Å². The Bertz CT molecular complexity index is 781. The Morgan fingerprint density at radius 1 is 1.22 bits per heavy atom. The lowest BCUT2D eigenvalue weighted by Crippen LogP contribution is -2.55. The molecule has 0 spiro atoms. The van der Waals surface area contributed by atoms with Crippen LogP contribution in [0.15, 0.2) is 23.3 Å². The van der Waals surface area contributed by atoms with Gasteiger partial charge in [0.2, 0.25) is 0 Å². The van der Waals surface area contributed by atoms with Crippen molar-refractivity contribution in [3.05, 3.63) is 23.3 Å². The van der Waals surface area contributed by atoms with Gasteiger partial charge in [0.05, 0.1) is 11.9 Å². The van der Waals surface area contributed by atoms with Crippen LogP contribution in [0.25, 0.3) is 0 Å². The summed E-state index contributed by atoms with van der Waals surface area (Å²) in [6.45, 7) is 4.36. The molecule has 5 heteroatoms. The van der Waals surface area contributed by atoms with Crippen molar-refractivity contribution in [2.75, 3.05) is 7.11 Å². The summed E-state index contributed by atoms with van der Waals surface area (Å²) in [6, 6.07) is 0. The number of hydrogen-bond acceptors (Lipinski definition) is 4. The number of methoxy groups -OCH3 is 1. The summed E-state index contributed by atoms with van der Waals surface area (Å²) in [5, 5.41) is 0. The molecule has 0 amide bonds. The van der Waals surface area contributed by atoms with Gasteiger partial charge in [0.1, 0.15) is 5.78 Å². The van der Waals surface area contributed by atoms with Gasteiger partial charge in [-0.15, -0.1) is 0 Å². The first-order chi connectivity index (χ1) is 12.7. The normalized spacial score (nSPS) is 45.0. The lowest BCUT2D eigenvalue weighted by molar-refractivity contribution is -0.142. The number of esters is 1. The van der Waals surface area contributed by atoms with E-state index in [0.29, 0.717) is 30.5 Å². The molecular weight excluding hydrogens is 408 g/mol. The number of Topliss-reactive ketones (excluding diaryl/α,β-unsaturated/α-hetero) is 1. The number of allylic oxidation sites excluding steroid dienone is 2. The van der Waals surface area contributed by atoms with Crippen molar-refractivity contribution in [1.29, 1.82) is 0 Å². The predicted octanol–water partition coefficient (Wildman–Crippen LogP) is 4.17. The maximum atomic E-state index is 13.5. The third-order valence-electron chi connectivity index (χ3n) is 8.00. The average Bonchev–Trinajstić information content (AvgIpc) is 2.91. The summed E-state index contributed by atoms with van der Waals surface area (Å²) in [6.07, 6.45) is 8.38. The van der Waals surface area contributed by atoms with Crippen molar-refractivity contribution in [2.24, 2.45) is 28.6 Å². The van der Waals surface area contributed by atoms with Crippen LogP contribution in [-0.4, -0.2) is 29.5 Å². The van der Waals surface area contributed by atoms with Crippen LogP contribution in [0.1, 0.15) is 52.4 Å². The van der Waals surface area contributed by atoms with Crippen molar-refractivity contribution in [3.63, 3.8) is 0 Å². The maximum Gasteiger partial charge on any atom is 0.330 e. The molecule has 3 saturated carbocycles. The summed E-state index contributed by atoms with van der Waals surface area (Å²) in [4.78, 5) is 37.3. The zero-order valence-corrected chi connectivity index (χ0v) is 17.8. The predicted molar refractivity (Wildman–Crippen MR) is 105 cm³/mol. The Morgan fingerprint density at radius 2 is 1.96 bits per heavy atom. The van der Waals surface area contributed by atoms with E-state index in [2.05, 4.69) is 29.8 Å². The molecule has 0 aromatic heterocycles. The third-order valence-corrected chi connectivity index (χ3v) is 8.77. The van der Waals surface area contributed by atoms with Gasteiger partial charge in [0.25, 0.3) is 0 Å². The van der Waals surface area contributed by atoms with Crippen molar-refractivity contribution < 1.29 is 19.1 Å². The maximum absolute atomic E-state index is 13.5. The van der Waals surface area contributed by atoms with Gasteiger partial charge in [-0.1, -0.05) is 40.9 Å². The van der Waals surface area contributed by atoms with Gasteiger partial charge in [-0.05, 0) is 55.4 Å². The van der Waals surface area contributed by atoms with E-state index in [-0.39, 0.29) is 33.3 Å². The average molecular weight is 435 g/mol. The van der Waals surface area contributed by atoms with Crippen LogP contribution in [0.4, 0.5) is 0 Å². The standard InChI is InChI=1S/C22H27BrO4/c1-21-11-18(25)20-14(15(21)7-5-13(21)9-19(26)27-3)6-4-12-8-17(24)16(23)10-22(12,20)2/h8-9,14-16,20H,4-7,10-11H2,1-3H3/b13-9+/t14-,15-,16+,20+,21+,22-/m0/s1. The van der Waals surface area contributed by atoms with E-state index < -0.39 is 0 Å². The molecule has 0 unspecified atom stereocenters. The summed E-state index contributed by atoms with van der Waals surface area (Å²) in [7, 11) is 1.40. The molecule has 4 aliphatic rings. The van der Waals surface area contributed by atoms with Gasteiger partial charge in [-0.2, -0.15) is 0 Å². The lowest BCUT2D eigenvalue weighted by atomic mass is 9.47. The summed E-state index contributed by atoms with van der Waals surface area (Å²) in [5.74, 6) is 0.851. The van der Waals surface area contributed by atoms with Gasteiger partial charge >= 0.3 is 5.97 Å². The number of ketones is 2. The smallest absolute Gasteiger partial charge is 0.330 e. The largest absolute Gasteiger partial charge is 0.466 e. The Balaban J connectivity index is 1.72. The van der Waals surface area contributed by atoms with Crippen LogP contribution >= 0.6 is 15.9 Å². The third kappa shape index (κ3) is 2.72. The quantitative estimate of drug-likeness (QED) is 0.353. The molecule has 146 valence electrons. The van der Waals surface area contributed by atoms with Gasteiger partial charge in [-0.3, -0.25) is 9.59 Å². The van der Waals surface area contributed by atoms with Crippen LogP contribution in [-0.2, 0) is 19.1 Å². The highest BCUT2D eigenvalue weighted by Crippen LogP contribution is 2.65. The van der Waals surface area contributed by atoms with Crippen LogP contribution in [0.3, 0.4) is 0 Å². The van der Waals surface area contributed by atoms with E-state index in [1.165, 1.54) is 12.7 Å². The van der Waals surface area contributed by atoms with Gasteiger partial charge in [0.15, 0.2) is 5.78 Å². The number of hydrogen-bond donors (Lipinski definition) is 0. The summed E-state index contributed by atoms with van der Waals surface area (Å²) < 4.78 is 4.83. The fourth-order valence-electron chi connectivity index (χ4n) is 6.70. The molecule has 6 atom stereocenters. The number of ether oxygens (including phenoxy) is 1. The Hall–Kier alpha value is -1.23. The van der Waals surface area contributed by atoms with E-state index in [1.807, 2.05) is 0 Å². The number of halogens is 1. The summed E-state index contributed by atoms with van der Waals surface area (Å²) >= 11 is 3.53. The molecule has 0 bridgehead atoms. The van der Waals surface area contributed by atoms with Gasteiger partial charge in [-0.25, -0.2) is 4.79 Å². The fourth-order valence-corrected chi connectivity index (χ4v) is 7.50. The lowest BCUT2D eigenvalue weighted by Gasteiger charge is -2.56. The van der Waals surface area contributed by atoms with Gasteiger partial charge < -0.3 is 4.74 Å². The molecular formula is C22H27BrO4. The van der Waals surface area contributed by atoms with E-state index in [0.717, 1.165) is 31.3 Å². The molecule has 0 radical (unpaired) electrons. The van der Waals surface area contributed by atoms with E-state index >= 15 is 0 Å². The molecule has 3 fully saturated rings. The zero-order valence-electron chi connectivity index (χ0n) is 16.2. The number of alkyl halides is 1. The van der Waals surface area contributed by atoms with Gasteiger partial charge in [0, 0.05) is 23.8 Å². The van der Waals surface area contributed by atoms with Crippen molar-refractivity contribution in [2.45, 2.75) is 57.2 Å². The van der Waals surface area contributed by atoms with Crippen LogP contribution < -0.4 is 0 Å². The molecule has 0 saturated heterocycles. The fraction of sp³-hybridized carbons (Fsp3) is 0.682. The highest BCUT2D eigenvalue weighted by atomic mass is 79.9. The molecule has 0 heterocycles. The number of carbonyl (C=O) groups excluding carboxylic acids is 3. The van der Waals surface area contributed by atoms with E-state index in [1.54, 1.807) is 12.2 Å². The molecule has 4 rings (SSSR count). The van der Waals surface area contributed by atoms with E-state index in [9.17, 15) is 14.4 Å². The Kier molecular flexibility index (Phi) is 4.53. The molecule has 4 aliphatic carbocycles. The minimum atomic E-state index is -0.324. The van der Waals surface area contributed by atoms with Crippen LogP contribution in [0, 0.1) is 28.6 Å². The molecule has 0 N–H and O–H groups in total. The SMILES string of the molecule is COC(=O)/C=C1\CC[C@H]2[C@@H]3CCC4=CC(=O)[C@H](Br)C[C@]4(C)[C@H]3C(=O)C[C@]12C. The highest BCUT2D eigenvalue weighted by Gasteiger charge is 2.61. The molecule has 4 nitrogen and oxygen atoms in total. The first-order valence-electron chi connectivity index (χ1n) is 9.91. The zero-order chi connectivity index (χ0) is 19.6. The first kappa shape index (κ1) is 19.1. The topological polar surface area (TPSA) is 60.4 Å². The second kappa shape index (κ2) is 6.40. The molecule has 0 aliphatic heterocycles. The minimum absolute atomic E-state index is 0.0128. The number of fused-ring (bicyclic) bond motifs is 5. The van der Waals surface area contributed by atoms with Crippen molar-refractivity contribution in [3.8, 4) is 0 Å². The second-order valence-electron chi connectivity index (χ2n) is 9.24. The molecule has 0 aromatic rings. The minimum Gasteiger partial charge on any atom is -0.466 e. The Morgan fingerprint density at radius 3 is 2.67 bits per heavy atom. The first-order valence-corrected chi connectivity index (χ1v) is 10.8. The van der Waals surface area contributed by atoms with Crippen molar-refractivity contribution in [1.82, 2.24) is 0 Å². The van der Waals surface area contributed by atoms with Crippen LogP contribution in [0.2, 0.25) is 0 Å². The molecule has 27 heavy (non-hydrogen) atoms. The Labute approximate surface area is 168 Å². The second-order valence-corrected chi connectivity index (χ2v) is 10.3. The number of carbonyl (C=O) groups is 3. The van der Waals surface area contributed by atoms with Crippen LogP contribution in [0.5, 0.6) is 0 Å². The molecule has 0 aromatic carbocycles.